The first kappa shape index (κ1) is 24.9. The second-order valence-corrected chi connectivity index (χ2v) is 12.9. The van der Waals surface area contributed by atoms with Crippen LogP contribution in [0.1, 0.15) is 105 Å². The molecule has 10 atom stereocenters. The minimum atomic E-state index is -2.55. The van der Waals surface area contributed by atoms with Gasteiger partial charge in [-0.25, -0.2) is 8.78 Å². The molecule has 32 heavy (non-hydrogen) atoms. The van der Waals surface area contributed by atoms with Crippen molar-refractivity contribution >= 4 is 0 Å². The summed E-state index contributed by atoms with van der Waals surface area (Å²) in [5.41, 5.74) is -0.153. The van der Waals surface area contributed by atoms with Gasteiger partial charge >= 0.3 is 0 Å². The van der Waals surface area contributed by atoms with E-state index >= 15 is 0 Å². The van der Waals surface area contributed by atoms with Crippen LogP contribution >= 0.6 is 0 Å². The molecule has 0 aliphatic heterocycles. The Labute approximate surface area is 195 Å². The summed E-state index contributed by atoms with van der Waals surface area (Å²) in [5, 5.41) is 11.1. The van der Waals surface area contributed by atoms with Crippen LogP contribution < -0.4 is 0 Å². The Kier molecular flexibility index (Phi) is 6.59. The van der Waals surface area contributed by atoms with Crippen molar-refractivity contribution in [3.8, 4) is 0 Å². The van der Waals surface area contributed by atoms with Crippen molar-refractivity contribution in [2.24, 2.45) is 46.3 Å². The number of halogens is 2. The third-order valence-electron chi connectivity index (χ3n) is 11.6. The maximum absolute atomic E-state index is 14.3. The van der Waals surface area contributed by atoms with Gasteiger partial charge in [0.1, 0.15) is 0 Å². The van der Waals surface area contributed by atoms with Crippen molar-refractivity contribution in [3.63, 3.8) is 0 Å². The molecule has 4 aliphatic rings. The van der Waals surface area contributed by atoms with Gasteiger partial charge in [0.15, 0.2) is 0 Å². The number of aliphatic hydroxyl groups is 1. The Bertz CT molecular complexity index is 682. The topological polar surface area (TPSA) is 29.5 Å². The zero-order valence-electron chi connectivity index (χ0n) is 21.4. The number of hydrogen-bond donors (Lipinski definition) is 1. The van der Waals surface area contributed by atoms with Crippen LogP contribution in [0.3, 0.4) is 0 Å². The molecule has 0 unspecified atom stereocenters. The SMILES string of the molecule is CCC(F)(F)C[C@@H](C)[C@H]1CC[C@H]2[C@@H]3CC[C@H]4C[C@](O)(CC)CC[C@]4(C)[C@H]3[C@@H](OC)C[C@]12C. The van der Waals surface area contributed by atoms with E-state index in [9.17, 15) is 13.9 Å². The van der Waals surface area contributed by atoms with Gasteiger partial charge in [-0.3, -0.25) is 0 Å². The summed E-state index contributed by atoms with van der Waals surface area (Å²) in [6.07, 6.45) is 9.70. The number of ether oxygens (including phenoxy) is 1. The van der Waals surface area contributed by atoms with Crippen LogP contribution in [0.2, 0.25) is 0 Å². The van der Waals surface area contributed by atoms with Crippen LogP contribution in [0.15, 0.2) is 0 Å². The standard InChI is InChI=1S/C28H48F2O2/c1-7-27(31)14-13-25(4)19(16-27)9-10-20-22-12-11-21(18(3)15-28(29,30)8-2)26(22,5)17-23(32-6)24(20)25/h18-24,31H,7-17H2,1-6H3/t18-,19+,20+,21-,22+,23+,24-,25+,26-,27+/m1/s1. The molecule has 1 N–H and O–H groups in total. The van der Waals surface area contributed by atoms with E-state index in [-0.39, 0.29) is 35.7 Å². The fourth-order valence-electron chi connectivity index (χ4n) is 9.69. The van der Waals surface area contributed by atoms with E-state index in [1.54, 1.807) is 6.92 Å². The largest absolute Gasteiger partial charge is 0.390 e. The summed E-state index contributed by atoms with van der Waals surface area (Å²) in [6.45, 7) is 10.7. The summed E-state index contributed by atoms with van der Waals surface area (Å²) < 4.78 is 34.9. The molecule has 0 radical (unpaired) electrons. The van der Waals surface area contributed by atoms with Crippen molar-refractivity contribution in [3.05, 3.63) is 0 Å². The van der Waals surface area contributed by atoms with Crippen molar-refractivity contribution < 1.29 is 18.6 Å². The summed E-state index contributed by atoms with van der Waals surface area (Å²) in [5.74, 6) is 0.250. The highest BCUT2D eigenvalue weighted by Crippen LogP contribution is 2.69. The normalized spacial score (nSPS) is 49.8. The fraction of sp³-hybridized carbons (Fsp3) is 1.00. The molecule has 4 saturated carbocycles. The quantitative estimate of drug-likeness (QED) is 0.451. The van der Waals surface area contributed by atoms with Crippen molar-refractivity contribution in [1.29, 1.82) is 0 Å². The van der Waals surface area contributed by atoms with E-state index in [0.717, 1.165) is 38.5 Å². The Morgan fingerprint density at radius 3 is 2.38 bits per heavy atom. The molecule has 0 saturated heterocycles. The lowest BCUT2D eigenvalue weighted by molar-refractivity contribution is -0.200. The van der Waals surface area contributed by atoms with Crippen molar-refractivity contribution in [2.75, 3.05) is 7.11 Å². The highest BCUT2D eigenvalue weighted by molar-refractivity contribution is 5.13. The monoisotopic (exact) mass is 454 g/mol. The Morgan fingerprint density at radius 2 is 1.75 bits per heavy atom. The van der Waals surface area contributed by atoms with E-state index in [4.69, 9.17) is 4.74 Å². The van der Waals surface area contributed by atoms with Crippen molar-refractivity contribution in [2.45, 2.75) is 123 Å². The third-order valence-corrected chi connectivity index (χ3v) is 11.6. The van der Waals surface area contributed by atoms with Gasteiger partial charge in [0.2, 0.25) is 5.92 Å². The molecule has 0 aromatic rings. The molecule has 0 amide bonds. The van der Waals surface area contributed by atoms with Gasteiger partial charge in [-0.05, 0) is 104 Å². The summed E-state index contributed by atoms with van der Waals surface area (Å²) in [6, 6.07) is 0. The van der Waals surface area contributed by atoms with Crippen LogP contribution in [0.5, 0.6) is 0 Å². The lowest BCUT2D eigenvalue weighted by atomic mass is 9.42. The van der Waals surface area contributed by atoms with E-state index in [0.29, 0.717) is 29.6 Å². The fourth-order valence-corrected chi connectivity index (χ4v) is 9.69. The Morgan fingerprint density at radius 1 is 1.03 bits per heavy atom. The average molecular weight is 455 g/mol. The molecular weight excluding hydrogens is 406 g/mol. The van der Waals surface area contributed by atoms with Gasteiger partial charge in [0.05, 0.1) is 11.7 Å². The Balaban J connectivity index is 1.60. The summed E-state index contributed by atoms with van der Waals surface area (Å²) in [4.78, 5) is 0. The molecule has 0 bridgehead atoms. The van der Waals surface area contributed by atoms with Crippen LogP contribution in [0.4, 0.5) is 8.78 Å². The first-order valence-corrected chi connectivity index (χ1v) is 13.6. The number of hydrogen-bond acceptors (Lipinski definition) is 2. The molecule has 4 aliphatic carbocycles. The lowest BCUT2D eigenvalue weighted by Crippen LogP contribution is -2.60. The zero-order valence-corrected chi connectivity index (χ0v) is 21.4. The minimum Gasteiger partial charge on any atom is -0.390 e. The number of rotatable bonds is 6. The van der Waals surface area contributed by atoms with Crippen molar-refractivity contribution in [1.82, 2.24) is 0 Å². The summed E-state index contributed by atoms with van der Waals surface area (Å²) in [7, 11) is 1.88. The molecule has 0 heterocycles. The molecule has 4 rings (SSSR count). The number of alkyl halides is 2. The predicted octanol–water partition coefficient (Wildman–Crippen LogP) is 7.48. The molecule has 186 valence electrons. The molecule has 4 fully saturated rings. The molecule has 0 aromatic heterocycles. The second-order valence-electron chi connectivity index (χ2n) is 12.9. The Hall–Kier alpha value is -0.220. The van der Waals surface area contributed by atoms with Crippen LogP contribution in [-0.4, -0.2) is 29.8 Å². The molecular formula is C28H48F2O2. The minimum absolute atomic E-state index is 0.0254. The van der Waals surface area contributed by atoms with Gasteiger partial charge in [0.25, 0.3) is 0 Å². The lowest BCUT2D eigenvalue weighted by Gasteiger charge is -2.64. The average Bonchev–Trinajstić information content (AvgIpc) is 3.10. The van der Waals surface area contributed by atoms with E-state index in [1.165, 1.54) is 19.3 Å². The van der Waals surface area contributed by atoms with E-state index in [1.807, 2.05) is 7.11 Å². The molecule has 4 heteroatoms. The third kappa shape index (κ3) is 3.88. The molecule has 2 nitrogen and oxygen atoms in total. The highest BCUT2D eigenvalue weighted by Gasteiger charge is 2.64. The van der Waals surface area contributed by atoms with Gasteiger partial charge in [-0.15, -0.1) is 0 Å². The molecule has 0 aromatic carbocycles. The predicted molar refractivity (Wildman–Crippen MR) is 126 cm³/mol. The second kappa shape index (κ2) is 8.47. The maximum atomic E-state index is 14.3. The zero-order chi connectivity index (χ0) is 23.5. The van der Waals surface area contributed by atoms with Crippen LogP contribution in [0, 0.1) is 46.3 Å². The van der Waals surface area contributed by atoms with Crippen LogP contribution in [0.25, 0.3) is 0 Å². The summed E-state index contributed by atoms with van der Waals surface area (Å²) >= 11 is 0. The molecule has 0 spiro atoms. The maximum Gasteiger partial charge on any atom is 0.248 e. The van der Waals surface area contributed by atoms with Crippen LogP contribution in [-0.2, 0) is 4.74 Å². The van der Waals surface area contributed by atoms with Gasteiger partial charge in [-0.1, -0.05) is 34.6 Å². The smallest absolute Gasteiger partial charge is 0.248 e. The highest BCUT2D eigenvalue weighted by atomic mass is 19.3. The first-order chi connectivity index (χ1) is 14.9. The first-order valence-electron chi connectivity index (χ1n) is 13.6. The van der Waals surface area contributed by atoms with E-state index in [2.05, 4.69) is 27.7 Å². The number of methoxy groups -OCH3 is 1. The van der Waals surface area contributed by atoms with E-state index < -0.39 is 11.5 Å². The van der Waals surface area contributed by atoms with Gasteiger partial charge in [0, 0.05) is 20.0 Å². The number of fused-ring (bicyclic) bond motifs is 5. The van der Waals surface area contributed by atoms with Gasteiger partial charge < -0.3 is 9.84 Å². The van der Waals surface area contributed by atoms with Gasteiger partial charge in [-0.2, -0.15) is 0 Å².